The second-order valence-corrected chi connectivity index (χ2v) is 6.90. The quantitative estimate of drug-likeness (QED) is 0.904. The molecule has 2 heterocycles. The highest BCUT2D eigenvalue weighted by atomic mass is 16.1. The van der Waals surface area contributed by atoms with Crippen molar-refractivity contribution >= 4 is 23.4 Å². The molecule has 126 valence electrons. The molecule has 3 rings (SSSR count). The Morgan fingerprint density at radius 3 is 2.61 bits per heavy atom. The van der Waals surface area contributed by atoms with Gasteiger partial charge in [-0.25, -0.2) is 4.98 Å². The van der Waals surface area contributed by atoms with Gasteiger partial charge in [-0.3, -0.25) is 4.79 Å². The van der Waals surface area contributed by atoms with Crippen LogP contribution in [0.4, 0.5) is 17.5 Å². The highest BCUT2D eigenvalue weighted by Gasteiger charge is 2.21. The fourth-order valence-electron chi connectivity index (χ4n) is 3.54. The fraction of sp³-hybridized carbons (Fsp3) is 0.706. The molecule has 6 heteroatoms. The van der Waals surface area contributed by atoms with Crippen LogP contribution in [0.5, 0.6) is 0 Å². The Bertz CT molecular complexity index is 548. The van der Waals surface area contributed by atoms with E-state index in [1.807, 2.05) is 19.0 Å². The van der Waals surface area contributed by atoms with Crippen LogP contribution in [0.3, 0.4) is 0 Å². The smallest absolute Gasteiger partial charge is 0.227 e. The van der Waals surface area contributed by atoms with Crippen LogP contribution in [-0.4, -0.2) is 43.1 Å². The van der Waals surface area contributed by atoms with Gasteiger partial charge in [-0.2, -0.15) is 4.98 Å². The van der Waals surface area contributed by atoms with Gasteiger partial charge in [0.1, 0.15) is 5.69 Å². The van der Waals surface area contributed by atoms with Gasteiger partial charge in [-0.15, -0.1) is 0 Å². The molecule has 0 aromatic carbocycles. The van der Waals surface area contributed by atoms with E-state index in [0.717, 1.165) is 24.9 Å². The molecule has 1 aliphatic heterocycles. The fourth-order valence-corrected chi connectivity index (χ4v) is 3.54. The summed E-state index contributed by atoms with van der Waals surface area (Å²) < 4.78 is 0. The Balaban J connectivity index is 1.71. The van der Waals surface area contributed by atoms with E-state index in [-0.39, 0.29) is 5.91 Å². The van der Waals surface area contributed by atoms with Crippen molar-refractivity contribution in [1.29, 1.82) is 0 Å². The van der Waals surface area contributed by atoms with Gasteiger partial charge in [0.05, 0.1) is 6.20 Å². The first kappa shape index (κ1) is 16.0. The van der Waals surface area contributed by atoms with Gasteiger partial charge in [0.15, 0.2) is 5.82 Å². The molecule has 1 saturated heterocycles. The Kier molecular flexibility index (Phi) is 4.98. The number of aromatic nitrogens is 2. The number of carbonyl (C=O) groups is 1. The molecule has 6 nitrogen and oxygen atoms in total. The van der Waals surface area contributed by atoms with E-state index in [1.54, 1.807) is 6.20 Å². The van der Waals surface area contributed by atoms with E-state index < -0.39 is 0 Å². The first-order chi connectivity index (χ1) is 11.1. The van der Waals surface area contributed by atoms with Crippen LogP contribution in [0.1, 0.15) is 44.9 Å². The van der Waals surface area contributed by atoms with E-state index in [4.69, 9.17) is 0 Å². The number of hydrogen-bond acceptors (Lipinski definition) is 5. The molecular weight excluding hydrogens is 290 g/mol. The molecule has 23 heavy (non-hydrogen) atoms. The minimum atomic E-state index is 0.0810. The summed E-state index contributed by atoms with van der Waals surface area (Å²) in [6.45, 7) is 2.03. The highest BCUT2D eigenvalue weighted by Crippen LogP contribution is 2.29. The van der Waals surface area contributed by atoms with Crippen molar-refractivity contribution in [2.75, 3.05) is 42.3 Å². The van der Waals surface area contributed by atoms with E-state index in [2.05, 4.69) is 20.2 Å². The number of hydrogen-bond donors (Lipinski definition) is 1. The van der Waals surface area contributed by atoms with E-state index in [1.165, 1.54) is 38.5 Å². The summed E-state index contributed by atoms with van der Waals surface area (Å²) in [6, 6.07) is 0. The standard InChI is InChI=1S/C17H27N5O/c1-21(2)16-14(19-15(23)11-13-7-3-4-8-13)12-18-17(20-16)22-9-5-6-10-22/h12-13H,3-11H2,1-2H3,(H,19,23). The number of amides is 1. The molecule has 0 radical (unpaired) electrons. The first-order valence-corrected chi connectivity index (χ1v) is 8.72. The molecule has 2 fully saturated rings. The van der Waals surface area contributed by atoms with Crippen molar-refractivity contribution < 1.29 is 4.79 Å². The molecule has 1 aromatic heterocycles. The van der Waals surface area contributed by atoms with Crippen molar-refractivity contribution in [3.05, 3.63) is 6.20 Å². The van der Waals surface area contributed by atoms with Crippen LogP contribution >= 0.6 is 0 Å². The molecule has 0 atom stereocenters. The van der Waals surface area contributed by atoms with Gasteiger partial charge in [-0.05, 0) is 31.6 Å². The maximum Gasteiger partial charge on any atom is 0.227 e. The maximum absolute atomic E-state index is 12.3. The van der Waals surface area contributed by atoms with Crippen LogP contribution < -0.4 is 15.1 Å². The molecule has 1 aliphatic carbocycles. The third kappa shape index (κ3) is 3.92. The van der Waals surface area contributed by atoms with Gasteiger partial charge in [0.2, 0.25) is 11.9 Å². The average Bonchev–Trinajstić information content (AvgIpc) is 3.20. The summed E-state index contributed by atoms with van der Waals surface area (Å²) in [5.41, 5.74) is 0.709. The molecule has 0 bridgehead atoms. The third-order valence-electron chi connectivity index (χ3n) is 4.79. The average molecular weight is 317 g/mol. The Labute approximate surface area is 138 Å². The Morgan fingerprint density at radius 1 is 1.26 bits per heavy atom. The van der Waals surface area contributed by atoms with Crippen LogP contribution in [0.25, 0.3) is 0 Å². The Hall–Kier alpha value is -1.85. The summed E-state index contributed by atoms with van der Waals surface area (Å²) in [4.78, 5) is 25.6. The minimum absolute atomic E-state index is 0.0810. The zero-order valence-electron chi connectivity index (χ0n) is 14.2. The maximum atomic E-state index is 12.3. The molecule has 1 aromatic rings. The third-order valence-corrected chi connectivity index (χ3v) is 4.79. The first-order valence-electron chi connectivity index (χ1n) is 8.72. The molecular formula is C17H27N5O. The predicted octanol–water partition coefficient (Wildman–Crippen LogP) is 2.66. The zero-order valence-corrected chi connectivity index (χ0v) is 14.2. The van der Waals surface area contributed by atoms with E-state index in [0.29, 0.717) is 18.0 Å². The number of rotatable bonds is 5. The molecule has 2 aliphatic rings. The lowest BCUT2D eigenvalue weighted by atomic mass is 10.0. The van der Waals surface area contributed by atoms with Gasteiger partial charge < -0.3 is 15.1 Å². The SMILES string of the molecule is CN(C)c1nc(N2CCCC2)ncc1NC(=O)CC1CCCC1. The topological polar surface area (TPSA) is 61.4 Å². The van der Waals surface area contributed by atoms with Crippen molar-refractivity contribution in [1.82, 2.24) is 9.97 Å². The van der Waals surface area contributed by atoms with Crippen LogP contribution in [0.2, 0.25) is 0 Å². The summed E-state index contributed by atoms with van der Waals surface area (Å²) in [5.74, 6) is 2.17. The van der Waals surface area contributed by atoms with Gasteiger partial charge in [0.25, 0.3) is 0 Å². The van der Waals surface area contributed by atoms with Crippen LogP contribution in [-0.2, 0) is 4.79 Å². The van der Waals surface area contributed by atoms with Crippen molar-refractivity contribution in [3.63, 3.8) is 0 Å². The second-order valence-electron chi connectivity index (χ2n) is 6.90. The molecule has 1 saturated carbocycles. The lowest BCUT2D eigenvalue weighted by Crippen LogP contribution is -2.24. The molecule has 0 spiro atoms. The van der Waals surface area contributed by atoms with Crippen molar-refractivity contribution in [2.24, 2.45) is 5.92 Å². The summed E-state index contributed by atoms with van der Waals surface area (Å²) >= 11 is 0. The minimum Gasteiger partial charge on any atom is -0.361 e. The van der Waals surface area contributed by atoms with Crippen LogP contribution in [0.15, 0.2) is 6.20 Å². The summed E-state index contributed by atoms with van der Waals surface area (Å²) in [7, 11) is 3.89. The van der Waals surface area contributed by atoms with E-state index in [9.17, 15) is 4.79 Å². The van der Waals surface area contributed by atoms with E-state index >= 15 is 0 Å². The number of anilines is 3. The lowest BCUT2D eigenvalue weighted by molar-refractivity contribution is -0.117. The van der Waals surface area contributed by atoms with Gasteiger partial charge in [0, 0.05) is 33.6 Å². The molecule has 0 unspecified atom stereocenters. The second kappa shape index (κ2) is 7.15. The normalized spacial score (nSPS) is 18.4. The van der Waals surface area contributed by atoms with Crippen molar-refractivity contribution in [3.8, 4) is 0 Å². The summed E-state index contributed by atoms with van der Waals surface area (Å²) in [5, 5.41) is 3.01. The monoisotopic (exact) mass is 317 g/mol. The predicted molar refractivity (Wildman–Crippen MR) is 93.0 cm³/mol. The molecule has 1 amide bonds. The molecule has 1 N–H and O–H groups in total. The Morgan fingerprint density at radius 2 is 1.96 bits per heavy atom. The highest BCUT2D eigenvalue weighted by molar-refractivity contribution is 5.93. The summed E-state index contributed by atoms with van der Waals surface area (Å²) in [6.07, 6.45) is 9.63. The number of nitrogens with zero attached hydrogens (tertiary/aromatic N) is 4. The van der Waals surface area contributed by atoms with Gasteiger partial charge in [-0.1, -0.05) is 12.8 Å². The number of carbonyl (C=O) groups excluding carboxylic acids is 1. The lowest BCUT2D eigenvalue weighted by Gasteiger charge is -2.21. The van der Waals surface area contributed by atoms with Crippen LogP contribution in [0, 0.1) is 5.92 Å². The van der Waals surface area contributed by atoms with Gasteiger partial charge >= 0.3 is 0 Å². The number of nitrogens with one attached hydrogen (secondary N) is 1. The zero-order chi connectivity index (χ0) is 16.2. The largest absolute Gasteiger partial charge is 0.361 e. The van der Waals surface area contributed by atoms with Crippen molar-refractivity contribution in [2.45, 2.75) is 44.9 Å².